The van der Waals surface area contributed by atoms with Crippen molar-refractivity contribution in [3.05, 3.63) is 65.5 Å². The molecule has 0 saturated heterocycles. The summed E-state index contributed by atoms with van der Waals surface area (Å²) in [5.41, 5.74) is 1.80. The van der Waals surface area contributed by atoms with Gasteiger partial charge in [0.25, 0.3) is 5.22 Å². The molecule has 1 atom stereocenters. The van der Waals surface area contributed by atoms with Gasteiger partial charge in [-0.2, -0.15) is 0 Å². The van der Waals surface area contributed by atoms with E-state index < -0.39 is 0 Å². The van der Waals surface area contributed by atoms with Crippen LogP contribution < -0.4 is 9.47 Å². The Bertz CT molecular complexity index is 958. The van der Waals surface area contributed by atoms with Crippen molar-refractivity contribution in [3.8, 4) is 11.5 Å². The SMILES string of the molecule is CC(Cc1nnc(SCC(=O)c2ccc3c(c2)OCCO3)o1)c1ccccc1. The van der Waals surface area contributed by atoms with Crippen LogP contribution in [0.1, 0.15) is 34.7 Å². The van der Waals surface area contributed by atoms with Gasteiger partial charge in [0.05, 0.1) is 5.75 Å². The molecule has 4 rings (SSSR count). The topological polar surface area (TPSA) is 74.5 Å². The number of ether oxygens (including phenoxy) is 2. The van der Waals surface area contributed by atoms with E-state index in [0.717, 1.165) is 0 Å². The van der Waals surface area contributed by atoms with Crippen LogP contribution in [0.3, 0.4) is 0 Å². The van der Waals surface area contributed by atoms with Gasteiger partial charge in [-0.25, -0.2) is 0 Å². The molecule has 0 aliphatic carbocycles. The molecule has 7 heteroatoms. The van der Waals surface area contributed by atoms with Crippen LogP contribution in [0.15, 0.2) is 58.2 Å². The average molecular weight is 396 g/mol. The second kappa shape index (κ2) is 8.48. The number of rotatable bonds is 7. The smallest absolute Gasteiger partial charge is 0.277 e. The lowest BCUT2D eigenvalue weighted by Crippen LogP contribution is -2.16. The predicted octanol–water partition coefficient (Wildman–Crippen LogP) is 4.16. The molecule has 1 unspecified atom stereocenters. The molecular formula is C21H20N2O4S. The van der Waals surface area contributed by atoms with Crippen LogP contribution in [-0.4, -0.2) is 34.9 Å². The van der Waals surface area contributed by atoms with Gasteiger partial charge in [-0.15, -0.1) is 10.2 Å². The standard InChI is InChI=1S/C21H20N2O4S/c1-14(15-5-3-2-4-6-15)11-20-22-23-21(27-20)28-13-17(24)16-7-8-18-19(12-16)26-10-9-25-18/h2-8,12,14H,9-11,13H2,1H3. The Morgan fingerprint density at radius 2 is 1.86 bits per heavy atom. The highest BCUT2D eigenvalue weighted by molar-refractivity contribution is 7.99. The summed E-state index contributed by atoms with van der Waals surface area (Å²) >= 11 is 1.24. The third kappa shape index (κ3) is 4.36. The van der Waals surface area contributed by atoms with Crippen molar-refractivity contribution >= 4 is 17.5 Å². The molecule has 28 heavy (non-hydrogen) atoms. The molecule has 0 N–H and O–H groups in total. The van der Waals surface area contributed by atoms with Crippen molar-refractivity contribution in [1.82, 2.24) is 10.2 Å². The predicted molar refractivity (Wildman–Crippen MR) is 105 cm³/mol. The first-order valence-corrected chi connectivity index (χ1v) is 10.1. The Morgan fingerprint density at radius 1 is 1.07 bits per heavy atom. The number of hydrogen-bond donors (Lipinski definition) is 0. The van der Waals surface area contributed by atoms with Crippen molar-refractivity contribution in [3.63, 3.8) is 0 Å². The molecular weight excluding hydrogens is 376 g/mol. The van der Waals surface area contributed by atoms with Crippen molar-refractivity contribution < 1.29 is 18.7 Å². The Morgan fingerprint density at radius 3 is 2.68 bits per heavy atom. The minimum atomic E-state index is -0.0284. The van der Waals surface area contributed by atoms with Crippen LogP contribution in [-0.2, 0) is 6.42 Å². The first-order valence-electron chi connectivity index (χ1n) is 9.12. The summed E-state index contributed by atoms with van der Waals surface area (Å²) in [6.45, 7) is 3.14. The van der Waals surface area contributed by atoms with Crippen LogP contribution >= 0.6 is 11.8 Å². The molecule has 3 aromatic rings. The second-order valence-corrected chi connectivity index (χ2v) is 7.47. The van der Waals surface area contributed by atoms with Crippen LogP contribution in [0, 0.1) is 0 Å². The summed E-state index contributed by atoms with van der Waals surface area (Å²) in [7, 11) is 0. The average Bonchev–Trinajstić information content (AvgIpc) is 3.19. The number of hydrogen-bond acceptors (Lipinski definition) is 7. The number of ketones is 1. The van der Waals surface area contributed by atoms with Gasteiger partial charge in [0, 0.05) is 12.0 Å². The molecule has 0 bridgehead atoms. The highest BCUT2D eigenvalue weighted by atomic mass is 32.2. The quantitative estimate of drug-likeness (QED) is 0.438. The summed E-state index contributed by atoms with van der Waals surface area (Å²) in [6.07, 6.45) is 0.660. The molecule has 2 aromatic carbocycles. The van der Waals surface area contributed by atoms with E-state index in [-0.39, 0.29) is 17.5 Å². The Kier molecular flexibility index (Phi) is 5.62. The van der Waals surface area contributed by atoms with Crippen molar-refractivity contribution in [2.24, 2.45) is 0 Å². The molecule has 144 valence electrons. The fourth-order valence-electron chi connectivity index (χ4n) is 2.97. The normalized spacial score (nSPS) is 13.9. The Balaban J connectivity index is 1.33. The Hall–Kier alpha value is -2.80. The molecule has 6 nitrogen and oxygen atoms in total. The van der Waals surface area contributed by atoms with Crippen LogP contribution in [0.2, 0.25) is 0 Å². The number of carbonyl (C=O) groups excluding carboxylic acids is 1. The molecule has 1 aliphatic heterocycles. The maximum absolute atomic E-state index is 12.5. The summed E-state index contributed by atoms with van der Waals surface area (Å²) in [4.78, 5) is 12.5. The highest BCUT2D eigenvalue weighted by Gasteiger charge is 2.17. The second-order valence-electron chi connectivity index (χ2n) is 6.55. The van der Waals surface area contributed by atoms with Gasteiger partial charge in [0.1, 0.15) is 13.2 Å². The lowest BCUT2D eigenvalue weighted by molar-refractivity contribution is 0.102. The van der Waals surface area contributed by atoms with E-state index in [4.69, 9.17) is 13.9 Å². The van der Waals surface area contributed by atoms with Gasteiger partial charge in [0.15, 0.2) is 17.3 Å². The molecule has 0 spiro atoms. The van der Waals surface area contributed by atoms with Crippen molar-refractivity contribution in [2.45, 2.75) is 24.5 Å². The first-order chi connectivity index (χ1) is 13.7. The number of aromatic nitrogens is 2. The van der Waals surface area contributed by atoms with E-state index in [0.29, 0.717) is 47.8 Å². The number of Topliss-reactive ketones (excluding diaryl/α,β-unsaturated/α-hetero) is 1. The van der Waals surface area contributed by atoms with Gasteiger partial charge < -0.3 is 13.9 Å². The lowest BCUT2D eigenvalue weighted by Gasteiger charge is -2.18. The third-order valence-electron chi connectivity index (χ3n) is 4.49. The zero-order chi connectivity index (χ0) is 19.3. The molecule has 1 aliphatic rings. The van der Waals surface area contributed by atoms with E-state index >= 15 is 0 Å². The summed E-state index contributed by atoms with van der Waals surface area (Å²) < 4.78 is 16.7. The Labute approximate surface area is 167 Å². The summed E-state index contributed by atoms with van der Waals surface area (Å²) in [5.74, 6) is 2.32. The maximum Gasteiger partial charge on any atom is 0.277 e. The molecule has 0 fully saturated rings. The van der Waals surface area contributed by atoms with Gasteiger partial charge in [-0.1, -0.05) is 49.0 Å². The van der Waals surface area contributed by atoms with Gasteiger partial charge in [-0.3, -0.25) is 4.79 Å². The van der Waals surface area contributed by atoms with E-state index in [2.05, 4.69) is 29.3 Å². The number of nitrogens with zero attached hydrogens (tertiary/aromatic N) is 2. The number of fused-ring (bicyclic) bond motifs is 1. The van der Waals surface area contributed by atoms with Gasteiger partial charge >= 0.3 is 0 Å². The van der Waals surface area contributed by atoms with Crippen LogP contribution in [0.5, 0.6) is 11.5 Å². The number of thioether (sulfide) groups is 1. The van der Waals surface area contributed by atoms with Gasteiger partial charge in [-0.05, 0) is 29.7 Å². The summed E-state index contributed by atoms with van der Waals surface area (Å²) in [5, 5.41) is 8.56. The van der Waals surface area contributed by atoms with E-state index in [1.165, 1.54) is 17.3 Å². The van der Waals surface area contributed by atoms with Crippen molar-refractivity contribution in [2.75, 3.05) is 19.0 Å². The molecule has 0 radical (unpaired) electrons. The largest absolute Gasteiger partial charge is 0.486 e. The maximum atomic E-state index is 12.5. The summed E-state index contributed by atoms with van der Waals surface area (Å²) in [6, 6.07) is 15.4. The van der Waals surface area contributed by atoms with E-state index in [1.54, 1.807) is 18.2 Å². The van der Waals surface area contributed by atoms with Crippen LogP contribution in [0.25, 0.3) is 0 Å². The fourth-order valence-corrected chi connectivity index (χ4v) is 3.64. The minimum Gasteiger partial charge on any atom is -0.486 e. The molecule has 0 amide bonds. The zero-order valence-electron chi connectivity index (χ0n) is 15.5. The molecule has 2 heterocycles. The van der Waals surface area contributed by atoms with E-state index in [9.17, 15) is 4.79 Å². The van der Waals surface area contributed by atoms with Gasteiger partial charge in [0.2, 0.25) is 5.89 Å². The molecule has 0 saturated carbocycles. The van der Waals surface area contributed by atoms with E-state index in [1.807, 2.05) is 18.2 Å². The fraction of sp³-hybridized carbons (Fsp3) is 0.286. The zero-order valence-corrected chi connectivity index (χ0v) is 16.3. The monoisotopic (exact) mass is 396 g/mol. The molecule has 1 aromatic heterocycles. The highest BCUT2D eigenvalue weighted by Crippen LogP contribution is 2.31. The number of carbonyl (C=O) groups is 1. The van der Waals surface area contributed by atoms with Crippen LogP contribution in [0.4, 0.5) is 0 Å². The minimum absolute atomic E-state index is 0.0284. The number of benzene rings is 2. The first kappa shape index (κ1) is 18.6. The van der Waals surface area contributed by atoms with Crippen molar-refractivity contribution in [1.29, 1.82) is 0 Å². The lowest BCUT2D eigenvalue weighted by atomic mass is 9.98. The third-order valence-corrected chi connectivity index (χ3v) is 5.31.